The second-order valence-electron chi connectivity index (χ2n) is 4.54. The highest BCUT2D eigenvalue weighted by Gasteiger charge is 2.12. The maximum Gasteiger partial charge on any atom is 0.0746 e. The van der Waals surface area contributed by atoms with Crippen LogP contribution >= 0.6 is 0 Å². The van der Waals surface area contributed by atoms with Crippen LogP contribution in [0.25, 0.3) is 0 Å². The van der Waals surface area contributed by atoms with Gasteiger partial charge in [0.1, 0.15) is 0 Å². The maximum absolute atomic E-state index is 5.65. The highest BCUT2D eigenvalue weighted by molar-refractivity contribution is 6.76. The van der Waals surface area contributed by atoms with E-state index in [0.29, 0.717) is 0 Å². The summed E-state index contributed by atoms with van der Waals surface area (Å²) in [7, 11) is -1.03. The number of hydrogen-bond donors (Lipinski definition) is 0. The van der Waals surface area contributed by atoms with E-state index in [9.17, 15) is 0 Å². The lowest BCUT2D eigenvalue weighted by Gasteiger charge is -2.15. The van der Waals surface area contributed by atoms with Gasteiger partial charge in [0.25, 0.3) is 0 Å². The third-order valence-corrected chi connectivity index (χ3v) is 2.72. The molecule has 0 fully saturated rings. The van der Waals surface area contributed by atoms with Crippen molar-refractivity contribution in [1.29, 1.82) is 0 Å². The van der Waals surface area contributed by atoms with Gasteiger partial charge in [-0.25, -0.2) is 0 Å². The lowest BCUT2D eigenvalue weighted by molar-refractivity contribution is 0.159. The van der Waals surface area contributed by atoms with Crippen LogP contribution in [0.3, 0.4) is 0 Å². The molecule has 0 radical (unpaired) electrons. The molecule has 0 N–H and O–H groups in total. The first-order valence-electron chi connectivity index (χ1n) is 4.70. The molecule has 0 unspecified atom stereocenters. The molecule has 0 amide bonds. The molecule has 0 atom stereocenters. The maximum atomic E-state index is 5.65. The molecular weight excluding hydrogens is 176 g/mol. The Kier molecular flexibility index (Phi) is 3.69. The number of hydrogen-bond acceptors (Lipinski definition) is 1. The Morgan fingerprint density at radius 2 is 1.69 bits per heavy atom. The van der Waals surface area contributed by atoms with Crippen LogP contribution in [-0.2, 0) is 11.3 Å². The molecule has 13 heavy (non-hydrogen) atoms. The summed E-state index contributed by atoms with van der Waals surface area (Å²) >= 11 is 0. The van der Waals surface area contributed by atoms with Crippen molar-refractivity contribution >= 4 is 8.07 Å². The summed E-state index contributed by atoms with van der Waals surface area (Å²) in [4.78, 5) is 0. The van der Waals surface area contributed by atoms with Crippen LogP contribution in [0.5, 0.6) is 0 Å². The van der Waals surface area contributed by atoms with Gasteiger partial charge < -0.3 is 4.74 Å². The van der Waals surface area contributed by atoms with Gasteiger partial charge in [-0.05, 0) is 5.56 Å². The Labute approximate surface area is 81.8 Å². The van der Waals surface area contributed by atoms with E-state index < -0.39 is 8.07 Å². The molecule has 2 heteroatoms. The number of ether oxygens (including phenoxy) is 1. The fourth-order valence-corrected chi connectivity index (χ4v) is 1.76. The molecule has 0 bridgehead atoms. The molecule has 0 aliphatic carbocycles. The lowest BCUT2D eigenvalue weighted by Crippen LogP contribution is -2.27. The Bertz CT molecular complexity index is 238. The van der Waals surface area contributed by atoms with Crippen molar-refractivity contribution in [3.05, 3.63) is 35.9 Å². The zero-order valence-corrected chi connectivity index (χ0v) is 9.71. The summed E-state index contributed by atoms with van der Waals surface area (Å²) in [5, 5.41) is 0. The average Bonchev–Trinajstić information content (AvgIpc) is 2.04. The van der Waals surface area contributed by atoms with Crippen molar-refractivity contribution in [3.8, 4) is 0 Å². The number of rotatable bonds is 4. The van der Waals surface area contributed by atoms with Crippen molar-refractivity contribution in [1.82, 2.24) is 0 Å². The predicted octanol–water partition coefficient (Wildman–Crippen LogP) is 3.08. The summed E-state index contributed by atoms with van der Waals surface area (Å²) in [5.74, 6) is 0. The van der Waals surface area contributed by atoms with E-state index in [4.69, 9.17) is 4.74 Å². The van der Waals surface area contributed by atoms with Crippen LogP contribution in [0.2, 0.25) is 19.6 Å². The molecule has 0 aliphatic heterocycles. The fourth-order valence-electron chi connectivity index (χ4n) is 1.05. The van der Waals surface area contributed by atoms with Gasteiger partial charge in [-0.15, -0.1) is 0 Å². The summed E-state index contributed by atoms with van der Waals surface area (Å²) in [6, 6.07) is 10.3. The Hall–Kier alpha value is -0.603. The Morgan fingerprint density at radius 3 is 2.23 bits per heavy atom. The first kappa shape index (κ1) is 10.5. The van der Waals surface area contributed by atoms with Crippen LogP contribution in [0, 0.1) is 0 Å². The number of benzene rings is 1. The molecule has 1 rings (SSSR count). The summed E-state index contributed by atoms with van der Waals surface area (Å²) < 4.78 is 5.65. The second-order valence-corrected chi connectivity index (χ2v) is 9.95. The topological polar surface area (TPSA) is 9.23 Å². The molecule has 1 aromatic carbocycles. The van der Waals surface area contributed by atoms with E-state index >= 15 is 0 Å². The Morgan fingerprint density at radius 1 is 1.08 bits per heavy atom. The van der Waals surface area contributed by atoms with Crippen molar-refractivity contribution in [2.24, 2.45) is 0 Å². The van der Waals surface area contributed by atoms with E-state index in [1.807, 2.05) is 18.2 Å². The van der Waals surface area contributed by atoms with E-state index in [-0.39, 0.29) is 0 Å². The van der Waals surface area contributed by atoms with Gasteiger partial charge >= 0.3 is 0 Å². The molecule has 1 aromatic rings. The van der Waals surface area contributed by atoms with Crippen molar-refractivity contribution in [3.63, 3.8) is 0 Å². The lowest BCUT2D eigenvalue weighted by atomic mass is 10.2. The minimum atomic E-state index is -1.03. The average molecular weight is 194 g/mol. The van der Waals surface area contributed by atoms with E-state index in [1.165, 1.54) is 5.56 Å². The summed E-state index contributed by atoms with van der Waals surface area (Å²) in [6.07, 6.45) is 0.946. The van der Waals surface area contributed by atoms with Crippen LogP contribution in [0.1, 0.15) is 5.56 Å². The standard InChI is InChI=1S/C11H18OSi/c1-13(2,3)10-12-9-11-7-5-4-6-8-11/h4-8H,9-10H2,1-3H3. The summed E-state index contributed by atoms with van der Waals surface area (Å²) in [6.45, 7) is 7.71. The SMILES string of the molecule is C[Si](C)(C)COCc1ccccc1. The van der Waals surface area contributed by atoms with Gasteiger partial charge in [-0.3, -0.25) is 0 Å². The van der Waals surface area contributed by atoms with E-state index in [0.717, 1.165) is 12.8 Å². The van der Waals surface area contributed by atoms with E-state index in [2.05, 4.69) is 31.8 Å². The zero-order valence-electron chi connectivity index (χ0n) is 8.71. The van der Waals surface area contributed by atoms with E-state index in [1.54, 1.807) is 0 Å². The van der Waals surface area contributed by atoms with Gasteiger partial charge in [-0.1, -0.05) is 50.0 Å². The normalized spacial score (nSPS) is 11.6. The first-order chi connectivity index (χ1) is 6.08. The molecule has 0 spiro atoms. The van der Waals surface area contributed by atoms with Crippen LogP contribution in [-0.4, -0.2) is 14.3 Å². The van der Waals surface area contributed by atoms with Gasteiger partial charge in [0.2, 0.25) is 0 Å². The summed E-state index contributed by atoms with van der Waals surface area (Å²) in [5.41, 5.74) is 1.26. The molecule has 0 aliphatic rings. The molecule has 72 valence electrons. The van der Waals surface area contributed by atoms with Crippen LogP contribution < -0.4 is 0 Å². The first-order valence-corrected chi connectivity index (χ1v) is 8.40. The fraction of sp³-hybridized carbons (Fsp3) is 0.455. The molecule has 0 saturated heterocycles. The molecule has 1 nitrogen and oxygen atoms in total. The smallest absolute Gasteiger partial charge is 0.0746 e. The van der Waals surface area contributed by atoms with Crippen molar-refractivity contribution < 1.29 is 4.74 Å². The van der Waals surface area contributed by atoms with Crippen molar-refractivity contribution in [2.75, 3.05) is 6.23 Å². The molecule has 0 aromatic heterocycles. The monoisotopic (exact) mass is 194 g/mol. The Balaban J connectivity index is 2.29. The van der Waals surface area contributed by atoms with Crippen LogP contribution in [0.15, 0.2) is 30.3 Å². The molecule has 0 heterocycles. The largest absolute Gasteiger partial charge is 0.380 e. The highest BCUT2D eigenvalue weighted by atomic mass is 28.3. The van der Waals surface area contributed by atoms with Gasteiger partial charge in [0.05, 0.1) is 14.7 Å². The minimum Gasteiger partial charge on any atom is -0.380 e. The predicted molar refractivity (Wildman–Crippen MR) is 59.4 cm³/mol. The van der Waals surface area contributed by atoms with Crippen LogP contribution in [0.4, 0.5) is 0 Å². The molecular formula is C11H18OSi. The molecule has 0 saturated carbocycles. The van der Waals surface area contributed by atoms with Crippen molar-refractivity contribution in [2.45, 2.75) is 26.2 Å². The van der Waals surface area contributed by atoms with Gasteiger partial charge in [0, 0.05) is 6.23 Å². The highest BCUT2D eigenvalue weighted by Crippen LogP contribution is 2.05. The quantitative estimate of drug-likeness (QED) is 0.669. The third-order valence-electron chi connectivity index (χ3n) is 1.65. The minimum absolute atomic E-state index is 0.755. The van der Waals surface area contributed by atoms with Gasteiger partial charge in [0.15, 0.2) is 0 Å². The second kappa shape index (κ2) is 4.58. The van der Waals surface area contributed by atoms with Gasteiger partial charge in [-0.2, -0.15) is 0 Å². The third kappa shape index (κ3) is 4.86. The zero-order chi connectivity index (χ0) is 9.73.